The third kappa shape index (κ3) is 5.29. The molecule has 0 saturated heterocycles. The molecule has 4 aromatic rings. The highest BCUT2D eigenvalue weighted by atomic mass is 16.2. The Bertz CT molecular complexity index is 1320. The Hall–Kier alpha value is -3.93. The van der Waals surface area contributed by atoms with Crippen LogP contribution in [0.2, 0.25) is 0 Å². The number of nitrogens with one attached hydrogen (secondary N) is 2. The molecule has 3 aromatic carbocycles. The number of fused-ring (bicyclic) bond motifs is 1. The van der Waals surface area contributed by atoms with E-state index in [2.05, 4.69) is 10.6 Å². The van der Waals surface area contributed by atoms with Crippen molar-refractivity contribution < 1.29 is 9.59 Å². The third-order valence-electron chi connectivity index (χ3n) is 5.62. The van der Waals surface area contributed by atoms with Crippen molar-refractivity contribution in [2.45, 2.75) is 33.7 Å². The molecule has 0 aliphatic heterocycles. The molecule has 1 heterocycles. The third-order valence-corrected chi connectivity index (χ3v) is 5.62. The Labute approximate surface area is 193 Å². The van der Waals surface area contributed by atoms with Crippen molar-refractivity contribution in [1.82, 2.24) is 14.9 Å². The molecule has 6 nitrogen and oxygen atoms in total. The van der Waals surface area contributed by atoms with Crippen molar-refractivity contribution in [3.05, 3.63) is 94.8 Å². The molecule has 168 valence electrons. The molecule has 0 unspecified atom stereocenters. The second-order valence-electron chi connectivity index (χ2n) is 8.34. The minimum Gasteiger partial charge on any atom is -0.352 e. The number of imidazole rings is 1. The molecule has 2 amide bonds. The number of amides is 2. The van der Waals surface area contributed by atoms with Crippen LogP contribution in [0.15, 0.2) is 66.7 Å². The molecule has 6 heteroatoms. The first kappa shape index (κ1) is 22.3. The van der Waals surface area contributed by atoms with Gasteiger partial charge in [0.25, 0.3) is 5.91 Å². The largest absolute Gasteiger partial charge is 0.352 e. The van der Waals surface area contributed by atoms with Gasteiger partial charge < -0.3 is 15.2 Å². The van der Waals surface area contributed by atoms with Crippen LogP contribution in [0.5, 0.6) is 0 Å². The van der Waals surface area contributed by atoms with Crippen molar-refractivity contribution in [3.8, 4) is 0 Å². The van der Waals surface area contributed by atoms with Crippen molar-refractivity contribution in [2.75, 3.05) is 11.9 Å². The lowest BCUT2D eigenvalue weighted by Crippen LogP contribution is -2.27. The van der Waals surface area contributed by atoms with Crippen LogP contribution in [0.1, 0.15) is 32.9 Å². The van der Waals surface area contributed by atoms with Crippen molar-refractivity contribution in [3.63, 3.8) is 0 Å². The topological polar surface area (TPSA) is 76.0 Å². The zero-order chi connectivity index (χ0) is 23.4. The van der Waals surface area contributed by atoms with E-state index >= 15 is 0 Å². The summed E-state index contributed by atoms with van der Waals surface area (Å²) in [5.74, 6) is 0.530. The second-order valence-corrected chi connectivity index (χ2v) is 8.34. The minimum absolute atomic E-state index is 0.114. The average Bonchev–Trinajstić information content (AvgIpc) is 3.13. The first-order valence-corrected chi connectivity index (χ1v) is 11.1. The number of carbonyl (C=O) groups excluding carboxylic acids is 2. The number of hydrogen-bond donors (Lipinski definition) is 2. The van der Waals surface area contributed by atoms with E-state index in [1.54, 1.807) is 6.07 Å². The van der Waals surface area contributed by atoms with Gasteiger partial charge in [0.1, 0.15) is 12.4 Å². The van der Waals surface area contributed by atoms with E-state index in [0.29, 0.717) is 18.5 Å². The predicted molar refractivity (Wildman–Crippen MR) is 131 cm³/mol. The molecular formula is C27H28N4O2. The summed E-state index contributed by atoms with van der Waals surface area (Å²) >= 11 is 0. The Morgan fingerprint density at radius 2 is 1.70 bits per heavy atom. The van der Waals surface area contributed by atoms with Crippen molar-refractivity contribution in [1.29, 1.82) is 0 Å². The minimum atomic E-state index is -0.117. The number of aryl methyl sites for hydroxylation is 3. The molecule has 1 aromatic heterocycles. The number of carbonyl (C=O) groups is 2. The first-order valence-electron chi connectivity index (χ1n) is 11.1. The molecule has 0 fully saturated rings. The monoisotopic (exact) mass is 440 g/mol. The highest BCUT2D eigenvalue weighted by Gasteiger charge is 2.15. The Morgan fingerprint density at radius 3 is 2.52 bits per heavy atom. The van der Waals surface area contributed by atoms with Gasteiger partial charge in [-0.2, -0.15) is 0 Å². The van der Waals surface area contributed by atoms with Gasteiger partial charge in [0.2, 0.25) is 5.91 Å². The molecule has 0 bridgehead atoms. The molecule has 0 radical (unpaired) electrons. The zero-order valence-electron chi connectivity index (χ0n) is 19.2. The quantitative estimate of drug-likeness (QED) is 0.442. The summed E-state index contributed by atoms with van der Waals surface area (Å²) in [6, 6.07) is 21.3. The zero-order valence-corrected chi connectivity index (χ0v) is 19.2. The molecule has 0 atom stereocenters. The van der Waals surface area contributed by atoms with Crippen LogP contribution in [0.25, 0.3) is 11.0 Å². The van der Waals surface area contributed by atoms with Crippen LogP contribution in [-0.4, -0.2) is 27.9 Å². The lowest BCUT2D eigenvalue weighted by Gasteiger charge is -2.12. The average molecular weight is 441 g/mol. The standard InChI is InChI=1S/C27H28N4O2/c1-18-7-6-8-21(15-18)27(33)28-14-13-25-29-22-9-4-5-10-24(22)31(25)17-26(32)30-23-16-19(2)11-12-20(23)3/h4-12,15-16H,13-14,17H2,1-3H3,(H,28,33)(H,30,32). The van der Waals surface area contributed by atoms with Gasteiger partial charge in [-0.05, 0) is 62.2 Å². The second kappa shape index (κ2) is 9.69. The van der Waals surface area contributed by atoms with E-state index in [1.807, 2.05) is 86.0 Å². The van der Waals surface area contributed by atoms with Crippen LogP contribution >= 0.6 is 0 Å². The Kier molecular flexibility index (Phi) is 6.54. The van der Waals surface area contributed by atoms with Gasteiger partial charge in [0.15, 0.2) is 0 Å². The van der Waals surface area contributed by atoms with E-state index in [-0.39, 0.29) is 18.4 Å². The number of para-hydroxylation sites is 2. The number of rotatable bonds is 7. The molecule has 0 aliphatic carbocycles. The van der Waals surface area contributed by atoms with E-state index in [4.69, 9.17) is 4.98 Å². The fourth-order valence-corrected chi connectivity index (χ4v) is 3.87. The maximum absolute atomic E-state index is 12.9. The summed E-state index contributed by atoms with van der Waals surface area (Å²) in [6.45, 7) is 6.51. The van der Waals surface area contributed by atoms with Gasteiger partial charge in [0, 0.05) is 24.2 Å². The van der Waals surface area contributed by atoms with Gasteiger partial charge in [0.05, 0.1) is 11.0 Å². The predicted octanol–water partition coefficient (Wildman–Crippen LogP) is 4.57. The number of hydrogen-bond acceptors (Lipinski definition) is 3. The summed E-state index contributed by atoms with van der Waals surface area (Å²) in [5, 5.41) is 5.99. The first-order chi connectivity index (χ1) is 15.9. The molecule has 0 spiro atoms. The van der Waals surface area contributed by atoms with Gasteiger partial charge in [-0.25, -0.2) is 4.98 Å². The van der Waals surface area contributed by atoms with E-state index < -0.39 is 0 Å². The highest BCUT2D eigenvalue weighted by Crippen LogP contribution is 2.19. The maximum Gasteiger partial charge on any atom is 0.251 e. The Morgan fingerprint density at radius 1 is 0.909 bits per heavy atom. The number of anilines is 1. The van der Waals surface area contributed by atoms with Crippen LogP contribution in [0.4, 0.5) is 5.69 Å². The maximum atomic E-state index is 12.9. The fraction of sp³-hybridized carbons (Fsp3) is 0.222. The number of nitrogens with zero attached hydrogens (tertiary/aromatic N) is 2. The van der Waals surface area contributed by atoms with Gasteiger partial charge in [-0.3, -0.25) is 9.59 Å². The lowest BCUT2D eigenvalue weighted by molar-refractivity contribution is -0.116. The van der Waals surface area contributed by atoms with Crippen molar-refractivity contribution >= 4 is 28.5 Å². The van der Waals surface area contributed by atoms with E-state index in [0.717, 1.165) is 39.2 Å². The summed E-state index contributed by atoms with van der Waals surface area (Å²) in [6.07, 6.45) is 0.517. The van der Waals surface area contributed by atoms with Gasteiger partial charge in [-0.15, -0.1) is 0 Å². The molecule has 0 aliphatic rings. The lowest BCUT2D eigenvalue weighted by atomic mass is 10.1. The smallest absolute Gasteiger partial charge is 0.251 e. The van der Waals surface area contributed by atoms with Gasteiger partial charge in [-0.1, -0.05) is 42.0 Å². The molecule has 2 N–H and O–H groups in total. The van der Waals surface area contributed by atoms with E-state index in [1.165, 1.54) is 0 Å². The molecular weight excluding hydrogens is 412 g/mol. The summed E-state index contributed by atoms with van der Waals surface area (Å²) in [7, 11) is 0. The fourth-order valence-electron chi connectivity index (χ4n) is 3.87. The molecule has 33 heavy (non-hydrogen) atoms. The van der Waals surface area contributed by atoms with E-state index in [9.17, 15) is 9.59 Å². The highest BCUT2D eigenvalue weighted by molar-refractivity contribution is 5.94. The van der Waals surface area contributed by atoms with Gasteiger partial charge >= 0.3 is 0 Å². The summed E-state index contributed by atoms with van der Waals surface area (Å²) in [5.41, 5.74) is 6.33. The van der Waals surface area contributed by atoms with Crippen LogP contribution in [0.3, 0.4) is 0 Å². The SMILES string of the molecule is Cc1cccc(C(=O)NCCc2nc3ccccc3n2CC(=O)Nc2cc(C)ccc2C)c1. The number of benzene rings is 3. The normalized spacial score (nSPS) is 10.9. The summed E-state index contributed by atoms with van der Waals surface area (Å²) < 4.78 is 1.93. The van der Waals surface area contributed by atoms with Crippen LogP contribution < -0.4 is 10.6 Å². The Balaban J connectivity index is 1.49. The van der Waals surface area contributed by atoms with Crippen LogP contribution in [-0.2, 0) is 17.8 Å². The van der Waals surface area contributed by atoms with Crippen LogP contribution in [0, 0.1) is 20.8 Å². The number of aromatic nitrogens is 2. The molecule has 4 rings (SSSR count). The van der Waals surface area contributed by atoms with Crippen molar-refractivity contribution in [2.24, 2.45) is 0 Å². The molecule has 0 saturated carbocycles. The summed E-state index contributed by atoms with van der Waals surface area (Å²) in [4.78, 5) is 30.1.